The van der Waals surface area contributed by atoms with Crippen molar-refractivity contribution in [1.82, 2.24) is 19.5 Å². The monoisotopic (exact) mass is 329 g/mol. The molecule has 2 heterocycles. The van der Waals surface area contributed by atoms with Gasteiger partial charge in [0.2, 0.25) is 5.95 Å². The average Bonchev–Trinajstić information content (AvgIpc) is 2.76. The number of nitrogens with two attached hydrogens (primary N) is 1. The van der Waals surface area contributed by atoms with Crippen molar-refractivity contribution in [1.29, 1.82) is 0 Å². The van der Waals surface area contributed by atoms with Crippen molar-refractivity contribution in [2.45, 2.75) is 13.0 Å². The number of rotatable bonds is 5. The van der Waals surface area contributed by atoms with E-state index in [0.717, 1.165) is 5.82 Å². The molecule has 21 heavy (non-hydrogen) atoms. The van der Waals surface area contributed by atoms with Crippen molar-refractivity contribution in [2.24, 2.45) is 0 Å². The molecule has 2 aromatic rings. The highest BCUT2D eigenvalue weighted by molar-refractivity contribution is 7.55. The summed E-state index contributed by atoms with van der Waals surface area (Å²) in [5, 5.41) is 0.177. The molecule has 0 aliphatic heterocycles. The summed E-state index contributed by atoms with van der Waals surface area (Å²) in [5.41, 5.74) is 7.05. The first-order valence-electron chi connectivity index (χ1n) is 5.82. The summed E-state index contributed by atoms with van der Waals surface area (Å²) in [6, 6.07) is 0. The highest BCUT2D eigenvalue weighted by atomic mass is 35.5. The Hall–Kier alpha value is -1.73. The summed E-state index contributed by atoms with van der Waals surface area (Å²) >= 11 is 5.92. The molecule has 0 bridgehead atoms. The fourth-order valence-electron chi connectivity index (χ4n) is 1.64. The van der Waals surface area contributed by atoms with E-state index in [1.165, 1.54) is 6.08 Å². The van der Waals surface area contributed by atoms with Gasteiger partial charge < -0.3 is 20.1 Å². The zero-order chi connectivity index (χ0) is 15.6. The third-order valence-corrected chi connectivity index (χ3v) is 3.42. The summed E-state index contributed by atoms with van der Waals surface area (Å²) < 4.78 is 12.4. The second-order valence-corrected chi connectivity index (χ2v) is 6.13. The number of hydrogen-bond donors (Lipinski definition) is 3. The number of nitrogens with zero attached hydrogens (tertiary/aromatic N) is 4. The van der Waals surface area contributed by atoms with Gasteiger partial charge in [0.1, 0.15) is 5.52 Å². The fourth-order valence-corrected chi connectivity index (χ4v) is 2.26. The Morgan fingerprint density at radius 1 is 1.52 bits per heavy atom. The molecule has 0 aromatic carbocycles. The second-order valence-electron chi connectivity index (χ2n) is 4.30. The lowest BCUT2D eigenvalue weighted by atomic mass is 10.2. The first-order valence-corrected chi connectivity index (χ1v) is 7.88. The Labute approximate surface area is 125 Å². The van der Waals surface area contributed by atoms with Crippen molar-refractivity contribution in [3.8, 4) is 0 Å². The standard InChI is InChI=1S/C11H13ClN5O3P/c1-7(3-5-21(18,19)20)2-4-17-6-14-8-9(12)15-11(13)16-10(8)17/h3,5-6H,1-2,4H2,(H2,13,15,16)(H2,18,19,20). The molecule has 0 saturated carbocycles. The summed E-state index contributed by atoms with van der Waals surface area (Å²) in [5.74, 6) is 0.868. The number of anilines is 1. The van der Waals surface area contributed by atoms with Crippen molar-refractivity contribution < 1.29 is 14.4 Å². The Morgan fingerprint density at radius 2 is 2.24 bits per heavy atom. The van der Waals surface area contributed by atoms with Gasteiger partial charge in [-0.05, 0) is 6.42 Å². The van der Waals surface area contributed by atoms with Crippen LogP contribution >= 0.6 is 19.2 Å². The van der Waals surface area contributed by atoms with E-state index in [-0.39, 0.29) is 11.1 Å². The second kappa shape index (κ2) is 5.95. The smallest absolute Gasteiger partial charge is 0.349 e. The highest BCUT2D eigenvalue weighted by Gasteiger charge is 2.11. The predicted molar refractivity (Wildman–Crippen MR) is 79.7 cm³/mol. The number of aryl methyl sites for hydroxylation is 1. The van der Waals surface area contributed by atoms with E-state index in [0.29, 0.717) is 29.7 Å². The largest absolute Gasteiger partial charge is 0.368 e. The third kappa shape index (κ3) is 4.12. The van der Waals surface area contributed by atoms with Crippen LogP contribution in [0.15, 0.2) is 30.4 Å². The van der Waals surface area contributed by atoms with Crippen LogP contribution in [0.4, 0.5) is 5.95 Å². The van der Waals surface area contributed by atoms with Gasteiger partial charge in [-0.3, -0.25) is 4.57 Å². The lowest BCUT2D eigenvalue weighted by Crippen LogP contribution is -2.01. The highest BCUT2D eigenvalue weighted by Crippen LogP contribution is 2.36. The van der Waals surface area contributed by atoms with Crippen molar-refractivity contribution in [3.63, 3.8) is 0 Å². The molecule has 0 aliphatic carbocycles. The molecule has 8 nitrogen and oxygen atoms in total. The molecule has 2 aromatic heterocycles. The first kappa shape index (κ1) is 15.7. The molecule has 0 aliphatic rings. The molecule has 112 valence electrons. The van der Waals surface area contributed by atoms with Crippen molar-refractivity contribution >= 4 is 36.3 Å². The Bertz CT molecular complexity index is 767. The normalized spacial score (nSPS) is 12.3. The average molecular weight is 330 g/mol. The van der Waals surface area contributed by atoms with E-state index in [4.69, 9.17) is 27.1 Å². The number of fused-ring (bicyclic) bond motifs is 1. The number of nitrogen functional groups attached to an aromatic ring is 1. The topological polar surface area (TPSA) is 127 Å². The third-order valence-electron chi connectivity index (χ3n) is 2.62. The zero-order valence-electron chi connectivity index (χ0n) is 10.8. The molecule has 0 fully saturated rings. The van der Waals surface area contributed by atoms with Crippen LogP contribution in [-0.4, -0.2) is 29.3 Å². The Morgan fingerprint density at radius 3 is 2.90 bits per heavy atom. The maximum absolute atomic E-state index is 10.7. The number of aromatic nitrogens is 4. The predicted octanol–water partition coefficient (Wildman–Crippen LogP) is 1.70. The summed E-state index contributed by atoms with van der Waals surface area (Å²) in [7, 11) is -4.17. The van der Waals surface area contributed by atoms with Crippen LogP contribution in [0.2, 0.25) is 5.15 Å². The minimum atomic E-state index is -4.17. The van der Waals surface area contributed by atoms with Crippen LogP contribution in [0.25, 0.3) is 11.2 Å². The van der Waals surface area contributed by atoms with Gasteiger partial charge in [-0.2, -0.15) is 9.97 Å². The van der Waals surface area contributed by atoms with Crippen molar-refractivity contribution in [3.05, 3.63) is 35.5 Å². The Balaban J connectivity index is 2.13. The van der Waals surface area contributed by atoms with Crippen molar-refractivity contribution in [2.75, 3.05) is 5.73 Å². The van der Waals surface area contributed by atoms with Gasteiger partial charge in [-0.25, -0.2) is 4.98 Å². The van der Waals surface area contributed by atoms with E-state index in [9.17, 15) is 4.57 Å². The maximum atomic E-state index is 10.7. The van der Waals surface area contributed by atoms with Crippen LogP contribution in [0.1, 0.15) is 6.42 Å². The molecule has 4 N–H and O–H groups in total. The van der Waals surface area contributed by atoms with E-state index >= 15 is 0 Å². The quantitative estimate of drug-likeness (QED) is 0.432. The van der Waals surface area contributed by atoms with Crippen LogP contribution in [0.5, 0.6) is 0 Å². The molecule has 0 radical (unpaired) electrons. The van der Waals surface area contributed by atoms with E-state index in [1.807, 2.05) is 0 Å². The number of allylic oxidation sites excluding steroid dienone is 2. The minimum absolute atomic E-state index is 0.0504. The molecule has 2 rings (SSSR count). The van der Waals surface area contributed by atoms with E-state index in [1.54, 1.807) is 10.9 Å². The van der Waals surface area contributed by atoms with Gasteiger partial charge in [0.15, 0.2) is 10.8 Å². The number of halogens is 1. The van der Waals surface area contributed by atoms with Gasteiger partial charge in [0.05, 0.1) is 6.33 Å². The van der Waals surface area contributed by atoms with E-state index in [2.05, 4.69) is 21.5 Å². The van der Waals surface area contributed by atoms with Gasteiger partial charge in [0.25, 0.3) is 0 Å². The molecule has 0 amide bonds. The molecule has 0 atom stereocenters. The zero-order valence-corrected chi connectivity index (χ0v) is 12.5. The van der Waals surface area contributed by atoms with Gasteiger partial charge >= 0.3 is 7.60 Å². The molecule has 10 heteroatoms. The SMILES string of the molecule is C=C(C=CP(=O)(O)O)CCn1cnc2c(Cl)nc(N)nc21. The molecule has 0 unspecified atom stereocenters. The lowest BCUT2D eigenvalue weighted by Gasteiger charge is -2.04. The summed E-state index contributed by atoms with van der Waals surface area (Å²) in [4.78, 5) is 29.5. The lowest BCUT2D eigenvalue weighted by molar-refractivity contribution is 0.386. The van der Waals surface area contributed by atoms with Gasteiger partial charge in [0, 0.05) is 12.4 Å². The molecular weight excluding hydrogens is 317 g/mol. The Kier molecular flexibility index (Phi) is 4.43. The van der Waals surface area contributed by atoms with Crippen LogP contribution in [0.3, 0.4) is 0 Å². The number of hydrogen-bond acceptors (Lipinski definition) is 5. The summed E-state index contributed by atoms with van der Waals surface area (Å²) in [6.45, 7) is 4.19. The number of imidazole rings is 1. The molecule has 0 spiro atoms. The minimum Gasteiger partial charge on any atom is -0.368 e. The summed E-state index contributed by atoms with van der Waals surface area (Å²) in [6.07, 6.45) is 3.31. The maximum Gasteiger partial charge on any atom is 0.349 e. The van der Waals surface area contributed by atoms with Gasteiger partial charge in [-0.15, -0.1) is 0 Å². The molecule has 0 saturated heterocycles. The fraction of sp³-hybridized carbons (Fsp3) is 0.182. The van der Waals surface area contributed by atoms with Crippen LogP contribution in [-0.2, 0) is 11.1 Å². The first-order chi connectivity index (χ1) is 9.76. The van der Waals surface area contributed by atoms with Gasteiger partial charge in [-0.1, -0.05) is 29.8 Å². The van der Waals surface area contributed by atoms with Crippen LogP contribution < -0.4 is 5.73 Å². The van der Waals surface area contributed by atoms with Crippen LogP contribution in [0, 0.1) is 0 Å². The molecular formula is C11H13ClN5O3P. The van der Waals surface area contributed by atoms with E-state index < -0.39 is 7.60 Å².